The molecule has 90 valence electrons. The molecule has 1 unspecified atom stereocenters. The van der Waals surface area contributed by atoms with E-state index < -0.39 is 12.2 Å². The van der Waals surface area contributed by atoms with E-state index in [4.69, 9.17) is 9.47 Å². The summed E-state index contributed by atoms with van der Waals surface area (Å²) in [7, 11) is 1.53. The lowest BCUT2D eigenvalue weighted by Crippen LogP contribution is -2.22. The number of hydrogen-bond acceptors (Lipinski definition) is 4. The molecule has 0 aliphatic carbocycles. The second kappa shape index (κ2) is 6.48. The van der Waals surface area contributed by atoms with Crippen molar-refractivity contribution < 1.29 is 19.7 Å². The van der Waals surface area contributed by atoms with Gasteiger partial charge in [0.1, 0.15) is 18.5 Å². The first-order valence-corrected chi connectivity index (χ1v) is 5.21. The molecular formula is C12H18O4. The summed E-state index contributed by atoms with van der Waals surface area (Å²) < 4.78 is 10.1. The van der Waals surface area contributed by atoms with Crippen molar-refractivity contribution in [2.45, 2.75) is 19.1 Å². The molecule has 0 aliphatic rings. The fourth-order valence-corrected chi connectivity index (χ4v) is 1.28. The molecule has 0 saturated carbocycles. The Morgan fingerprint density at radius 1 is 1.12 bits per heavy atom. The highest BCUT2D eigenvalue weighted by Gasteiger charge is 2.05. The molecule has 4 heteroatoms. The number of benzene rings is 1. The van der Waals surface area contributed by atoms with Crippen LogP contribution < -0.4 is 4.74 Å². The Labute approximate surface area is 95.4 Å². The van der Waals surface area contributed by atoms with E-state index in [2.05, 4.69) is 0 Å². The Balaban J connectivity index is 2.43. The van der Waals surface area contributed by atoms with E-state index in [1.807, 2.05) is 0 Å². The molecule has 0 fully saturated rings. The zero-order valence-electron chi connectivity index (χ0n) is 9.59. The fourth-order valence-electron chi connectivity index (χ4n) is 1.28. The summed E-state index contributed by atoms with van der Waals surface area (Å²) in [6, 6.07) is 7.12. The van der Waals surface area contributed by atoms with E-state index in [1.165, 1.54) is 7.11 Å². The van der Waals surface area contributed by atoms with Gasteiger partial charge in [0.15, 0.2) is 0 Å². The van der Waals surface area contributed by atoms with Gasteiger partial charge in [-0.2, -0.15) is 0 Å². The predicted molar refractivity (Wildman–Crippen MR) is 60.5 cm³/mol. The van der Waals surface area contributed by atoms with Crippen LogP contribution >= 0.6 is 0 Å². The van der Waals surface area contributed by atoms with Crippen LogP contribution in [-0.4, -0.2) is 36.6 Å². The highest BCUT2D eigenvalue weighted by molar-refractivity contribution is 5.28. The summed E-state index contributed by atoms with van der Waals surface area (Å²) in [5, 5.41) is 18.7. The average molecular weight is 226 g/mol. The van der Waals surface area contributed by atoms with Crippen LogP contribution in [0.25, 0.3) is 0 Å². The minimum absolute atomic E-state index is 0.196. The molecule has 1 rings (SSSR count). The summed E-state index contributed by atoms with van der Waals surface area (Å²) in [5.74, 6) is 0.666. The Morgan fingerprint density at radius 3 is 2.25 bits per heavy atom. The average Bonchev–Trinajstić information content (AvgIpc) is 2.27. The van der Waals surface area contributed by atoms with Crippen LogP contribution in [0.2, 0.25) is 0 Å². The third-order valence-corrected chi connectivity index (χ3v) is 2.16. The minimum Gasteiger partial charge on any atom is -0.491 e. The predicted octanol–water partition coefficient (Wildman–Crippen LogP) is 1.13. The maximum atomic E-state index is 9.36. The Bertz CT molecular complexity index is 294. The topological polar surface area (TPSA) is 58.9 Å². The van der Waals surface area contributed by atoms with E-state index in [1.54, 1.807) is 31.2 Å². The highest BCUT2D eigenvalue weighted by Crippen LogP contribution is 2.17. The van der Waals surface area contributed by atoms with Gasteiger partial charge in [-0.1, -0.05) is 12.1 Å². The molecule has 0 saturated heterocycles. The molecule has 4 nitrogen and oxygen atoms in total. The van der Waals surface area contributed by atoms with Crippen molar-refractivity contribution in [2.24, 2.45) is 0 Å². The molecule has 0 radical (unpaired) electrons. The van der Waals surface area contributed by atoms with Gasteiger partial charge < -0.3 is 19.7 Å². The highest BCUT2D eigenvalue weighted by atomic mass is 16.5. The summed E-state index contributed by atoms with van der Waals surface area (Å²) in [5.41, 5.74) is 0.838. The second-order valence-electron chi connectivity index (χ2n) is 3.67. The first-order chi connectivity index (χ1) is 7.63. The zero-order chi connectivity index (χ0) is 12.0. The summed E-state index contributed by atoms with van der Waals surface area (Å²) in [4.78, 5) is 0. The van der Waals surface area contributed by atoms with Crippen molar-refractivity contribution in [2.75, 3.05) is 20.3 Å². The van der Waals surface area contributed by atoms with Gasteiger partial charge in [0, 0.05) is 7.11 Å². The van der Waals surface area contributed by atoms with Crippen molar-refractivity contribution in [3.63, 3.8) is 0 Å². The third kappa shape index (κ3) is 4.18. The van der Waals surface area contributed by atoms with Crippen LogP contribution in [0.5, 0.6) is 5.75 Å². The number of ether oxygens (including phenoxy) is 2. The van der Waals surface area contributed by atoms with Gasteiger partial charge >= 0.3 is 0 Å². The van der Waals surface area contributed by atoms with Gasteiger partial charge in [-0.15, -0.1) is 0 Å². The first-order valence-electron chi connectivity index (χ1n) is 5.21. The number of hydrogen-bond donors (Lipinski definition) is 2. The number of methoxy groups -OCH3 is 1. The minimum atomic E-state index is -0.624. The molecule has 2 N–H and O–H groups in total. The third-order valence-electron chi connectivity index (χ3n) is 2.16. The van der Waals surface area contributed by atoms with E-state index in [0.717, 1.165) is 5.56 Å². The molecule has 2 atom stereocenters. The van der Waals surface area contributed by atoms with E-state index >= 15 is 0 Å². The maximum absolute atomic E-state index is 9.36. The van der Waals surface area contributed by atoms with E-state index in [9.17, 15) is 10.2 Å². The molecule has 16 heavy (non-hydrogen) atoms. The summed E-state index contributed by atoms with van der Waals surface area (Å²) >= 11 is 0. The van der Waals surface area contributed by atoms with Gasteiger partial charge in [0.2, 0.25) is 0 Å². The summed E-state index contributed by atoms with van der Waals surface area (Å²) in [6.07, 6.45) is -1.10. The molecule has 0 aliphatic heterocycles. The fraction of sp³-hybridized carbons (Fsp3) is 0.500. The van der Waals surface area contributed by atoms with Gasteiger partial charge in [0.05, 0.1) is 12.7 Å². The van der Waals surface area contributed by atoms with Crippen LogP contribution in [-0.2, 0) is 4.74 Å². The Hall–Kier alpha value is -1.10. The Kier molecular flexibility index (Phi) is 5.25. The first kappa shape index (κ1) is 13.0. The van der Waals surface area contributed by atoms with Crippen LogP contribution in [0.3, 0.4) is 0 Å². The van der Waals surface area contributed by atoms with Crippen LogP contribution in [0.15, 0.2) is 24.3 Å². The molecule has 0 spiro atoms. The monoisotopic (exact) mass is 226 g/mol. The lowest BCUT2D eigenvalue weighted by atomic mass is 10.1. The quantitative estimate of drug-likeness (QED) is 0.763. The normalized spacial score (nSPS) is 14.5. The SMILES string of the molecule is COCC(O)COc1ccc([C@@H](C)O)cc1. The molecule has 0 aromatic heterocycles. The van der Waals surface area contributed by atoms with Crippen molar-refractivity contribution in [1.82, 2.24) is 0 Å². The van der Waals surface area contributed by atoms with Gasteiger partial charge in [0.25, 0.3) is 0 Å². The van der Waals surface area contributed by atoms with Crippen LogP contribution in [0, 0.1) is 0 Å². The van der Waals surface area contributed by atoms with Crippen molar-refractivity contribution in [3.05, 3.63) is 29.8 Å². The molecule has 0 amide bonds. The molecule has 0 bridgehead atoms. The van der Waals surface area contributed by atoms with Gasteiger partial charge in [-0.05, 0) is 24.6 Å². The number of aliphatic hydroxyl groups excluding tert-OH is 2. The van der Waals surface area contributed by atoms with Crippen molar-refractivity contribution >= 4 is 0 Å². The maximum Gasteiger partial charge on any atom is 0.119 e. The lowest BCUT2D eigenvalue weighted by Gasteiger charge is -2.12. The smallest absolute Gasteiger partial charge is 0.119 e. The molecule has 1 aromatic rings. The Morgan fingerprint density at radius 2 is 1.75 bits per heavy atom. The van der Waals surface area contributed by atoms with Crippen LogP contribution in [0.4, 0.5) is 0 Å². The standard InChI is InChI=1S/C12H18O4/c1-9(13)10-3-5-12(6-4-10)16-8-11(14)7-15-2/h3-6,9,11,13-14H,7-8H2,1-2H3/t9-,11?/m1/s1. The van der Waals surface area contributed by atoms with Gasteiger partial charge in [-0.25, -0.2) is 0 Å². The molecule has 1 aromatic carbocycles. The van der Waals surface area contributed by atoms with E-state index in [0.29, 0.717) is 5.75 Å². The summed E-state index contributed by atoms with van der Waals surface area (Å²) in [6.45, 7) is 2.16. The lowest BCUT2D eigenvalue weighted by molar-refractivity contribution is 0.0325. The van der Waals surface area contributed by atoms with Crippen LogP contribution in [0.1, 0.15) is 18.6 Å². The van der Waals surface area contributed by atoms with Crippen molar-refractivity contribution in [3.8, 4) is 5.75 Å². The van der Waals surface area contributed by atoms with E-state index in [-0.39, 0.29) is 13.2 Å². The van der Waals surface area contributed by atoms with Gasteiger partial charge in [-0.3, -0.25) is 0 Å². The number of rotatable bonds is 6. The largest absolute Gasteiger partial charge is 0.491 e. The number of aliphatic hydroxyl groups is 2. The molecule has 0 heterocycles. The zero-order valence-corrected chi connectivity index (χ0v) is 9.59. The second-order valence-corrected chi connectivity index (χ2v) is 3.67. The molecular weight excluding hydrogens is 208 g/mol. The van der Waals surface area contributed by atoms with Crippen molar-refractivity contribution in [1.29, 1.82) is 0 Å².